The molecule has 0 heterocycles. The van der Waals surface area contributed by atoms with Crippen LogP contribution in [-0.4, -0.2) is 10.7 Å². The van der Waals surface area contributed by atoms with Crippen molar-refractivity contribution in [2.24, 2.45) is 0 Å². The normalized spacial score (nSPS) is 11.2. The molecule has 0 aliphatic heterocycles. The van der Waals surface area contributed by atoms with Crippen LogP contribution in [0.5, 0.6) is 0 Å². The lowest BCUT2D eigenvalue weighted by Crippen LogP contribution is -2.09. The van der Waals surface area contributed by atoms with Crippen LogP contribution in [0.15, 0.2) is 24.3 Å². The zero-order valence-corrected chi connectivity index (χ0v) is 22.6. The zero-order chi connectivity index (χ0) is 22.6. The van der Waals surface area contributed by atoms with Crippen molar-refractivity contribution in [3.05, 3.63) is 57.6 Å². The van der Waals surface area contributed by atoms with Crippen LogP contribution < -0.4 is 11.5 Å². The number of rotatable bonds is 14. The Morgan fingerprint density at radius 2 is 0.968 bits per heavy atom. The largest absolute Gasteiger partial charge is 0.398 e. The third kappa shape index (κ3) is 7.53. The van der Waals surface area contributed by atoms with E-state index in [1.807, 2.05) is 0 Å². The molecule has 0 fully saturated rings. The molecule has 0 saturated carbocycles. The molecule has 0 aromatic heterocycles. The molecule has 0 saturated heterocycles. The van der Waals surface area contributed by atoms with Crippen molar-refractivity contribution in [2.75, 3.05) is 22.1 Å². The minimum atomic E-state index is 0.956. The summed E-state index contributed by atoms with van der Waals surface area (Å²) in [5, 5.41) is 2.03. The summed E-state index contributed by atoms with van der Waals surface area (Å²) in [6.07, 6.45) is 12.3. The fourth-order valence-corrected chi connectivity index (χ4v) is 5.02. The molecule has 31 heavy (non-hydrogen) atoms. The van der Waals surface area contributed by atoms with E-state index in [0.29, 0.717) is 0 Å². The van der Waals surface area contributed by atoms with Crippen LogP contribution in [0.1, 0.15) is 85.8 Å². The first kappa shape index (κ1) is 26.3. The number of benzene rings is 2. The van der Waals surface area contributed by atoms with E-state index in [0.717, 1.165) is 67.0 Å². The molecule has 0 radical (unpaired) electrons. The fraction of sp³-hybridized carbons (Fsp3) is 0.556. The predicted molar refractivity (Wildman–Crippen MR) is 146 cm³/mol. The van der Waals surface area contributed by atoms with Gasteiger partial charge in [-0.05, 0) is 103 Å². The first-order valence-corrected chi connectivity index (χ1v) is 14.2. The Hall–Kier alpha value is -1.00. The van der Waals surface area contributed by atoms with Crippen molar-refractivity contribution in [1.82, 2.24) is 0 Å². The molecule has 2 aromatic rings. The summed E-state index contributed by atoms with van der Waals surface area (Å²) >= 11 is 7.19. The summed E-state index contributed by atoms with van der Waals surface area (Å²) in [7, 11) is 0. The number of halogens is 2. The highest BCUT2D eigenvalue weighted by molar-refractivity contribution is 9.09. The lowest BCUT2D eigenvalue weighted by Gasteiger charge is -2.21. The second kappa shape index (κ2) is 14.2. The number of unbranched alkanes of at least 4 members (excludes halogenated alkanes) is 2. The van der Waals surface area contributed by atoms with Crippen molar-refractivity contribution in [3.63, 3.8) is 0 Å². The Kier molecular flexibility index (Phi) is 12.0. The van der Waals surface area contributed by atoms with E-state index in [2.05, 4.69) is 70.0 Å². The molecule has 0 amide bonds. The molecule has 0 spiro atoms. The van der Waals surface area contributed by atoms with Gasteiger partial charge < -0.3 is 11.5 Å². The number of alkyl halides is 2. The molecule has 0 atom stereocenters. The second-order valence-electron chi connectivity index (χ2n) is 8.51. The van der Waals surface area contributed by atoms with E-state index in [-0.39, 0.29) is 0 Å². The van der Waals surface area contributed by atoms with Gasteiger partial charge >= 0.3 is 0 Å². The van der Waals surface area contributed by atoms with Gasteiger partial charge in [-0.3, -0.25) is 0 Å². The SMILES string of the molecule is CCCCc1c(Cc2ccc(N)c(CCCBr)c2CCCC)ccc(N)c1CCCBr. The topological polar surface area (TPSA) is 52.0 Å². The molecule has 0 bridgehead atoms. The van der Waals surface area contributed by atoms with Crippen molar-refractivity contribution >= 4 is 43.2 Å². The summed E-state index contributed by atoms with van der Waals surface area (Å²) in [6.45, 7) is 4.53. The predicted octanol–water partition coefficient (Wildman–Crippen LogP) is 7.78. The number of anilines is 2. The Morgan fingerprint density at radius 1 is 0.581 bits per heavy atom. The van der Waals surface area contributed by atoms with Crippen molar-refractivity contribution < 1.29 is 0 Å². The van der Waals surface area contributed by atoms with E-state index in [1.165, 1.54) is 59.1 Å². The van der Waals surface area contributed by atoms with E-state index in [1.54, 1.807) is 0 Å². The third-order valence-corrected chi connectivity index (χ3v) is 7.31. The van der Waals surface area contributed by atoms with Gasteiger partial charge in [-0.25, -0.2) is 0 Å². The van der Waals surface area contributed by atoms with Gasteiger partial charge in [0.2, 0.25) is 0 Å². The summed E-state index contributed by atoms with van der Waals surface area (Å²) in [5.74, 6) is 0. The van der Waals surface area contributed by atoms with Crippen molar-refractivity contribution in [2.45, 2.75) is 84.5 Å². The van der Waals surface area contributed by atoms with Gasteiger partial charge in [-0.2, -0.15) is 0 Å². The fourth-order valence-electron chi connectivity index (χ4n) is 4.46. The maximum Gasteiger partial charge on any atom is 0.0349 e. The summed E-state index contributed by atoms with van der Waals surface area (Å²) in [6, 6.07) is 8.80. The maximum absolute atomic E-state index is 6.45. The Labute approximate surface area is 206 Å². The molecule has 0 unspecified atom stereocenters. The third-order valence-electron chi connectivity index (χ3n) is 6.19. The monoisotopic (exact) mass is 550 g/mol. The summed E-state index contributed by atoms with van der Waals surface area (Å²) < 4.78 is 0. The molecule has 2 aromatic carbocycles. The van der Waals surface area contributed by atoms with Gasteiger partial charge in [0.25, 0.3) is 0 Å². The van der Waals surface area contributed by atoms with Crippen LogP contribution in [0.2, 0.25) is 0 Å². The summed E-state index contributed by atoms with van der Waals surface area (Å²) in [4.78, 5) is 0. The molecule has 172 valence electrons. The minimum absolute atomic E-state index is 0.956. The minimum Gasteiger partial charge on any atom is -0.398 e. The number of hydrogen-bond acceptors (Lipinski definition) is 2. The molecule has 4 heteroatoms. The van der Waals surface area contributed by atoms with E-state index >= 15 is 0 Å². The molecule has 0 aliphatic rings. The van der Waals surface area contributed by atoms with Crippen LogP contribution >= 0.6 is 31.9 Å². The zero-order valence-electron chi connectivity index (χ0n) is 19.4. The first-order chi connectivity index (χ1) is 15.1. The summed E-state index contributed by atoms with van der Waals surface area (Å²) in [5.41, 5.74) is 23.4. The Morgan fingerprint density at radius 3 is 1.32 bits per heavy atom. The van der Waals surface area contributed by atoms with Crippen LogP contribution in [0.25, 0.3) is 0 Å². The van der Waals surface area contributed by atoms with Gasteiger partial charge in [0, 0.05) is 22.0 Å². The van der Waals surface area contributed by atoms with E-state index in [9.17, 15) is 0 Å². The molecule has 2 rings (SSSR count). The Balaban J connectivity index is 2.50. The Bertz CT molecular complexity index is 750. The molecular formula is C27H40Br2N2. The maximum atomic E-state index is 6.45. The van der Waals surface area contributed by atoms with Crippen LogP contribution in [0, 0.1) is 0 Å². The van der Waals surface area contributed by atoms with Crippen LogP contribution in [0.3, 0.4) is 0 Å². The second-order valence-corrected chi connectivity index (χ2v) is 10.1. The van der Waals surface area contributed by atoms with Crippen LogP contribution in [-0.2, 0) is 32.1 Å². The highest BCUT2D eigenvalue weighted by atomic mass is 79.9. The van der Waals surface area contributed by atoms with Crippen LogP contribution in [0.4, 0.5) is 11.4 Å². The standard InChI is InChI=1S/C27H40Br2N2/c1-3-5-9-22-20(13-15-26(30)24(22)11-7-17-28)19-21-14-16-27(31)25(12-8-18-29)23(21)10-6-4-2/h13-16H,3-12,17-19,30-31H2,1-2H3. The van der Waals surface area contributed by atoms with Gasteiger partial charge in [0.15, 0.2) is 0 Å². The highest BCUT2D eigenvalue weighted by Crippen LogP contribution is 2.31. The molecule has 2 nitrogen and oxygen atoms in total. The molecule has 0 aliphatic carbocycles. The van der Waals surface area contributed by atoms with Gasteiger partial charge in [0.05, 0.1) is 0 Å². The number of nitrogen functional groups attached to an aromatic ring is 2. The lowest BCUT2D eigenvalue weighted by atomic mass is 9.86. The van der Waals surface area contributed by atoms with Gasteiger partial charge in [-0.1, -0.05) is 70.7 Å². The lowest BCUT2D eigenvalue weighted by molar-refractivity contribution is 0.766. The number of hydrogen-bond donors (Lipinski definition) is 2. The van der Waals surface area contributed by atoms with Gasteiger partial charge in [-0.15, -0.1) is 0 Å². The van der Waals surface area contributed by atoms with E-state index < -0.39 is 0 Å². The van der Waals surface area contributed by atoms with Crippen molar-refractivity contribution in [1.29, 1.82) is 0 Å². The van der Waals surface area contributed by atoms with Crippen molar-refractivity contribution in [3.8, 4) is 0 Å². The average Bonchev–Trinajstić information content (AvgIpc) is 2.77. The van der Waals surface area contributed by atoms with E-state index in [4.69, 9.17) is 11.5 Å². The number of nitrogens with two attached hydrogens (primary N) is 2. The smallest absolute Gasteiger partial charge is 0.0349 e. The quantitative estimate of drug-likeness (QED) is 0.186. The molecule has 4 N–H and O–H groups in total. The molecular weight excluding hydrogens is 512 g/mol. The average molecular weight is 552 g/mol. The first-order valence-electron chi connectivity index (χ1n) is 12.0. The van der Waals surface area contributed by atoms with Gasteiger partial charge in [0.1, 0.15) is 0 Å². The highest BCUT2D eigenvalue weighted by Gasteiger charge is 2.16.